The maximum Gasteiger partial charge on any atom is 0.295 e. The fraction of sp³-hybridized carbons (Fsp3) is 0.130. The Bertz CT molecular complexity index is 1110. The third-order valence-corrected chi connectivity index (χ3v) is 5.95. The summed E-state index contributed by atoms with van der Waals surface area (Å²) in [5.41, 5.74) is 1.06. The molecule has 7 heteroatoms. The first kappa shape index (κ1) is 20.0. The Morgan fingerprint density at radius 1 is 0.967 bits per heavy atom. The van der Waals surface area contributed by atoms with Crippen molar-refractivity contribution in [1.82, 2.24) is 4.90 Å². The van der Waals surface area contributed by atoms with Gasteiger partial charge in [0.1, 0.15) is 17.4 Å². The number of aliphatic hydroxyl groups is 1. The molecule has 1 aliphatic rings. The van der Waals surface area contributed by atoms with E-state index in [0.717, 1.165) is 10.4 Å². The van der Waals surface area contributed by atoms with Crippen molar-refractivity contribution in [2.75, 3.05) is 6.54 Å². The first-order chi connectivity index (χ1) is 14.5. The van der Waals surface area contributed by atoms with Crippen molar-refractivity contribution in [3.63, 3.8) is 0 Å². The minimum absolute atomic E-state index is 0.0202. The van der Waals surface area contributed by atoms with Gasteiger partial charge in [0.05, 0.1) is 11.6 Å². The number of nitrogens with zero attached hydrogens (tertiary/aromatic N) is 1. The molecule has 1 unspecified atom stereocenters. The summed E-state index contributed by atoms with van der Waals surface area (Å²) in [5, 5.41) is 12.6. The Hall–Kier alpha value is -3.32. The first-order valence-corrected chi connectivity index (χ1v) is 10.2. The zero-order chi connectivity index (χ0) is 21.3. The van der Waals surface area contributed by atoms with Gasteiger partial charge in [-0.2, -0.15) is 0 Å². The van der Waals surface area contributed by atoms with Crippen LogP contribution >= 0.6 is 11.3 Å². The molecule has 1 N–H and O–H groups in total. The van der Waals surface area contributed by atoms with Gasteiger partial charge in [0, 0.05) is 17.0 Å². The second kappa shape index (κ2) is 8.20. The number of amides is 1. The van der Waals surface area contributed by atoms with Crippen LogP contribution in [0.4, 0.5) is 8.78 Å². The molecule has 4 rings (SSSR count). The van der Waals surface area contributed by atoms with Gasteiger partial charge >= 0.3 is 0 Å². The molecule has 0 bridgehead atoms. The average molecular weight is 425 g/mol. The van der Waals surface area contributed by atoms with Crippen LogP contribution in [0.25, 0.3) is 5.76 Å². The number of likely N-dealkylation sites (tertiary alicyclic amines) is 1. The molecule has 0 saturated carbocycles. The van der Waals surface area contributed by atoms with E-state index in [1.54, 1.807) is 24.3 Å². The summed E-state index contributed by atoms with van der Waals surface area (Å²) in [6, 6.07) is 13.9. The van der Waals surface area contributed by atoms with Crippen LogP contribution in [0, 0.1) is 11.6 Å². The van der Waals surface area contributed by atoms with Crippen molar-refractivity contribution in [2.24, 2.45) is 0 Å². The van der Waals surface area contributed by atoms with E-state index in [2.05, 4.69) is 0 Å². The van der Waals surface area contributed by atoms with Gasteiger partial charge in [0.2, 0.25) is 0 Å². The van der Waals surface area contributed by atoms with Gasteiger partial charge in [-0.15, -0.1) is 11.3 Å². The fourth-order valence-corrected chi connectivity index (χ4v) is 4.36. The number of hydrogen-bond donors (Lipinski definition) is 1. The average Bonchev–Trinajstić information content (AvgIpc) is 3.35. The Morgan fingerprint density at radius 3 is 2.20 bits per heavy atom. The van der Waals surface area contributed by atoms with Gasteiger partial charge in [0.15, 0.2) is 0 Å². The lowest BCUT2D eigenvalue weighted by Gasteiger charge is -2.24. The van der Waals surface area contributed by atoms with E-state index in [-0.39, 0.29) is 29.3 Å². The SMILES string of the molecule is O=C1C(=O)N(CCc2ccc(F)cc2)C(c2cccs2)/C1=C(/O)c1ccc(F)cc1. The van der Waals surface area contributed by atoms with Gasteiger partial charge in [-0.05, 0) is 59.8 Å². The number of carbonyl (C=O) groups is 2. The normalized spacial score (nSPS) is 18.2. The Morgan fingerprint density at radius 2 is 1.60 bits per heavy atom. The Labute approximate surface area is 175 Å². The highest BCUT2D eigenvalue weighted by atomic mass is 32.1. The molecule has 1 fully saturated rings. The van der Waals surface area contributed by atoms with E-state index < -0.39 is 23.5 Å². The van der Waals surface area contributed by atoms with Crippen molar-refractivity contribution < 1.29 is 23.5 Å². The van der Waals surface area contributed by atoms with Crippen LogP contribution in [0.2, 0.25) is 0 Å². The molecule has 152 valence electrons. The summed E-state index contributed by atoms with van der Waals surface area (Å²) >= 11 is 1.37. The molecule has 1 aromatic heterocycles. The number of Topliss-reactive ketones (excluding diaryl/α,β-unsaturated/α-hetero) is 1. The lowest BCUT2D eigenvalue weighted by Crippen LogP contribution is -2.31. The molecule has 1 saturated heterocycles. The summed E-state index contributed by atoms with van der Waals surface area (Å²) in [5.74, 6) is -2.65. The summed E-state index contributed by atoms with van der Waals surface area (Å²) in [7, 11) is 0. The van der Waals surface area contributed by atoms with Gasteiger partial charge in [-0.1, -0.05) is 18.2 Å². The highest BCUT2D eigenvalue weighted by molar-refractivity contribution is 7.10. The standard InChI is InChI=1S/C23H17F2NO3S/c24-16-7-3-14(4-8-16)11-12-26-20(18-2-1-13-30-18)19(22(28)23(26)29)21(27)15-5-9-17(25)10-6-15/h1-10,13,20,27H,11-12H2/b21-19-. The van der Waals surface area contributed by atoms with Crippen molar-refractivity contribution >= 4 is 28.8 Å². The van der Waals surface area contributed by atoms with E-state index in [9.17, 15) is 23.5 Å². The largest absolute Gasteiger partial charge is 0.507 e. The molecule has 4 nitrogen and oxygen atoms in total. The maximum atomic E-state index is 13.3. The highest BCUT2D eigenvalue weighted by Gasteiger charge is 2.46. The number of rotatable bonds is 5. The second-order valence-corrected chi connectivity index (χ2v) is 7.87. The predicted molar refractivity (Wildman–Crippen MR) is 110 cm³/mol. The molecule has 1 amide bonds. The molecule has 30 heavy (non-hydrogen) atoms. The van der Waals surface area contributed by atoms with Gasteiger partial charge in [-0.3, -0.25) is 9.59 Å². The lowest BCUT2D eigenvalue weighted by atomic mass is 9.99. The third kappa shape index (κ3) is 3.76. The van der Waals surface area contributed by atoms with E-state index in [1.165, 1.54) is 52.6 Å². The number of hydrogen-bond acceptors (Lipinski definition) is 4. The summed E-state index contributed by atoms with van der Waals surface area (Å²) in [6.07, 6.45) is 0.422. The van der Waals surface area contributed by atoms with E-state index in [4.69, 9.17) is 0 Å². The maximum absolute atomic E-state index is 13.3. The monoisotopic (exact) mass is 425 g/mol. The molecule has 1 atom stereocenters. The number of aliphatic hydroxyl groups excluding tert-OH is 1. The molecule has 0 radical (unpaired) electrons. The van der Waals surface area contributed by atoms with Gasteiger partial charge in [0.25, 0.3) is 11.7 Å². The molecule has 0 spiro atoms. The van der Waals surface area contributed by atoms with Crippen LogP contribution in [-0.2, 0) is 16.0 Å². The van der Waals surface area contributed by atoms with Crippen LogP contribution in [0.3, 0.4) is 0 Å². The van der Waals surface area contributed by atoms with Crippen molar-refractivity contribution in [1.29, 1.82) is 0 Å². The molecule has 2 aromatic carbocycles. The topological polar surface area (TPSA) is 57.6 Å². The van der Waals surface area contributed by atoms with Gasteiger partial charge in [-0.25, -0.2) is 8.78 Å². The van der Waals surface area contributed by atoms with Crippen molar-refractivity contribution in [3.8, 4) is 0 Å². The van der Waals surface area contributed by atoms with Crippen LogP contribution < -0.4 is 0 Å². The first-order valence-electron chi connectivity index (χ1n) is 9.28. The van der Waals surface area contributed by atoms with Crippen molar-refractivity contribution in [2.45, 2.75) is 12.5 Å². The number of halogens is 2. The van der Waals surface area contributed by atoms with Crippen LogP contribution in [0.5, 0.6) is 0 Å². The second-order valence-electron chi connectivity index (χ2n) is 6.89. The molecular formula is C23H17F2NO3S. The third-order valence-electron chi connectivity index (χ3n) is 5.02. The molecule has 3 aromatic rings. The predicted octanol–water partition coefficient (Wildman–Crippen LogP) is 4.69. The smallest absolute Gasteiger partial charge is 0.295 e. The zero-order valence-corrected chi connectivity index (χ0v) is 16.5. The Balaban J connectivity index is 1.72. The fourth-order valence-electron chi connectivity index (χ4n) is 3.52. The number of carbonyl (C=O) groups excluding carboxylic acids is 2. The van der Waals surface area contributed by atoms with E-state index in [0.29, 0.717) is 6.42 Å². The number of thiophene rings is 1. The molecule has 0 aliphatic carbocycles. The minimum atomic E-state index is -0.783. The van der Waals surface area contributed by atoms with Gasteiger partial charge < -0.3 is 10.0 Å². The van der Waals surface area contributed by atoms with Crippen LogP contribution in [-0.4, -0.2) is 28.2 Å². The zero-order valence-electron chi connectivity index (χ0n) is 15.7. The number of benzene rings is 2. The summed E-state index contributed by atoms with van der Waals surface area (Å²) < 4.78 is 26.4. The van der Waals surface area contributed by atoms with Crippen molar-refractivity contribution in [3.05, 3.63) is 99.3 Å². The summed E-state index contributed by atoms with van der Waals surface area (Å²) in [4.78, 5) is 27.8. The minimum Gasteiger partial charge on any atom is -0.507 e. The van der Waals surface area contributed by atoms with E-state index >= 15 is 0 Å². The van der Waals surface area contributed by atoms with Crippen LogP contribution in [0.15, 0.2) is 71.6 Å². The quantitative estimate of drug-likeness (QED) is 0.367. The molecular weight excluding hydrogens is 408 g/mol. The Kier molecular flexibility index (Phi) is 5.46. The van der Waals surface area contributed by atoms with E-state index in [1.807, 2.05) is 5.38 Å². The summed E-state index contributed by atoms with van der Waals surface area (Å²) in [6.45, 7) is 0.221. The molecule has 1 aliphatic heterocycles. The molecule has 2 heterocycles. The lowest BCUT2D eigenvalue weighted by molar-refractivity contribution is -0.139. The number of ketones is 1. The highest BCUT2D eigenvalue weighted by Crippen LogP contribution is 2.41. The van der Waals surface area contributed by atoms with Crippen LogP contribution in [0.1, 0.15) is 22.0 Å².